The van der Waals surface area contributed by atoms with Gasteiger partial charge in [-0.3, -0.25) is 4.79 Å². The molecule has 152 valence electrons. The summed E-state index contributed by atoms with van der Waals surface area (Å²) in [5, 5.41) is 1.43. The number of hydrogen-bond acceptors (Lipinski definition) is 8. The normalized spacial score (nSPS) is 10.9. The number of para-hydroxylation sites is 1. The molecule has 2 aromatic heterocycles. The lowest BCUT2D eigenvalue weighted by Crippen LogP contribution is -2.03. The van der Waals surface area contributed by atoms with Gasteiger partial charge in [0, 0.05) is 12.5 Å². The number of fused-ring (bicyclic) bond motifs is 1. The molecule has 4 aromatic rings. The van der Waals surface area contributed by atoms with E-state index in [9.17, 15) is 9.59 Å². The Morgan fingerprint density at radius 2 is 1.83 bits per heavy atom. The van der Waals surface area contributed by atoms with Crippen molar-refractivity contribution in [3.05, 3.63) is 53.0 Å². The third-order valence-electron chi connectivity index (χ3n) is 4.26. The van der Waals surface area contributed by atoms with Crippen LogP contribution in [-0.2, 0) is 9.53 Å². The van der Waals surface area contributed by atoms with Crippen LogP contribution >= 0.6 is 22.7 Å². The Bertz CT molecular complexity index is 1230. The number of aromatic nitrogens is 2. The molecule has 2 aromatic carbocycles. The molecule has 0 aliphatic rings. The standard InChI is InChI=1S/C22H18N2O4S2/c1-4-27-22(26)19-12(2)23-20(30-19)14-9-10-17(28-13(3)25)15(11-14)21-24-16-7-5-6-8-18(16)29-21/h5-11H,4H2,1-3H3. The number of rotatable bonds is 5. The summed E-state index contributed by atoms with van der Waals surface area (Å²) in [6.45, 7) is 5.23. The van der Waals surface area contributed by atoms with Crippen molar-refractivity contribution in [3.8, 4) is 26.9 Å². The summed E-state index contributed by atoms with van der Waals surface area (Å²) >= 11 is 2.80. The Kier molecular flexibility index (Phi) is 5.61. The summed E-state index contributed by atoms with van der Waals surface area (Å²) in [5.74, 6) is -0.342. The second-order valence-corrected chi connectivity index (χ2v) is 8.48. The van der Waals surface area contributed by atoms with Crippen LogP contribution in [-0.4, -0.2) is 28.5 Å². The van der Waals surface area contributed by atoms with Gasteiger partial charge in [0.15, 0.2) is 0 Å². The number of nitrogens with zero attached hydrogens (tertiary/aromatic N) is 2. The minimum absolute atomic E-state index is 0.310. The van der Waals surface area contributed by atoms with Crippen LogP contribution in [0.15, 0.2) is 42.5 Å². The van der Waals surface area contributed by atoms with Gasteiger partial charge in [-0.2, -0.15) is 0 Å². The fourth-order valence-corrected chi connectivity index (χ4v) is 4.91. The summed E-state index contributed by atoms with van der Waals surface area (Å²) in [5.41, 5.74) is 3.02. The van der Waals surface area contributed by atoms with Crippen molar-refractivity contribution in [1.29, 1.82) is 0 Å². The van der Waals surface area contributed by atoms with Crippen LogP contribution in [0.4, 0.5) is 0 Å². The molecular formula is C22H18N2O4S2. The molecule has 0 saturated heterocycles. The van der Waals surface area contributed by atoms with Crippen molar-refractivity contribution in [1.82, 2.24) is 9.97 Å². The Morgan fingerprint density at radius 3 is 2.57 bits per heavy atom. The number of carbonyl (C=O) groups excluding carboxylic acids is 2. The van der Waals surface area contributed by atoms with Crippen molar-refractivity contribution in [2.24, 2.45) is 0 Å². The van der Waals surface area contributed by atoms with Gasteiger partial charge in [0.05, 0.1) is 28.1 Å². The molecule has 4 rings (SSSR count). The Labute approximate surface area is 181 Å². The molecule has 0 fully saturated rings. The smallest absolute Gasteiger partial charge is 0.350 e. The third kappa shape index (κ3) is 3.96. The van der Waals surface area contributed by atoms with Crippen molar-refractivity contribution >= 4 is 44.8 Å². The number of ether oxygens (including phenoxy) is 2. The maximum absolute atomic E-state index is 12.2. The van der Waals surface area contributed by atoms with Crippen LogP contribution < -0.4 is 4.74 Å². The highest BCUT2D eigenvalue weighted by molar-refractivity contribution is 7.21. The lowest BCUT2D eigenvalue weighted by molar-refractivity contribution is -0.131. The second-order valence-electron chi connectivity index (χ2n) is 6.45. The van der Waals surface area contributed by atoms with Crippen LogP contribution in [0.3, 0.4) is 0 Å². The van der Waals surface area contributed by atoms with Crippen molar-refractivity contribution in [2.75, 3.05) is 6.61 Å². The van der Waals surface area contributed by atoms with E-state index in [2.05, 4.69) is 4.98 Å². The summed E-state index contributed by atoms with van der Waals surface area (Å²) < 4.78 is 11.6. The van der Waals surface area contributed by atoms with E-state index in [1.54, 1.807) is 19.9 Å². The van der Waals surface area contributed by atoms with Crippen LogP contribution in [0.5, 0.6) is 5.75 Å². The molecule has 0 amide bonds. The Hall–Kier alpha value is -3.10. The number of hydrogen-bond donors (Lipinski definition) is 0. The van der Waals surface area contributed by atoms with E-state index in [-0.39, 0.29) is 5.97 Å². The van der Waals surface area contributed by atoms with Gasteiger partial charge in [0.25, 0.3) is 0 Å². The first-order valence-corrected chi connectivity index (χ1v) is 10.9. The number of thiazole rings is 2. The molecule has 0 saturated carbocycles. The largest absolute Gasteiger partial charge is 0.462 e. The maximum atomic E-state index is 12.2. The van der Waals surface area contributed by atoms with Crippen LogP contribution in [0.1, 0.15) is 29.2 Å². The van der Waals surface area contributed by atoms with E-state index in [1.807, 2.05) is 36.4 Å². The molecule has 0 bridgehead atoms. The highest BCUT2D eigenvalue weighted by Gasteiger charge is 2.20. The fraction of sp³-hybridized carbons (Fsp3) is 0.182. The first-order valence-electron chi connectivity index (χ1n) is 9.29. The van der Waals surface area contributed by atoms with Crippen molar-refractivity contribution in [3.63, 3.8) is 0 Å². The molecule has 0 radical (unpaired) electrons. The van der Waals surface area contributed by atoms with Crippen molar-refractivity contribution < 1.29 is 19.1 Å². The van der Waals surface area contributed by atoms with Gasteiger partial charge in [-0.05, 0) is 44.2 Å². The zero-order valence-electron chi connectivity index (χ0n) is 16.6. The van der Waals surface area contributed by atoms with E-state index in [1.165, 1.54) is 29.6 Å². The van der Waals surface area contributed by atoms with Gasteiger partial charge in [-0.25, -0.2) is 14.8 Å². The van der Waals surface area contributed by atoms with Gasteiger partial charge in [0.1, 0.15) is 20.6 Å². The van der Waals surface area contributed by atoms with Gasteiger partial charge >= 0.3 is 11.9 Å². The molecule has 0 N–H and O–H groups in total. The van der Waals surface area contributed by atoms with E-state index in [4.69, 9.17) is 14.5 Å². The SMILES string of the molecule is CCOC(=O)c1sc(-c2ccc(OC(C)=O)c(-c3nc4ccccc4s3)c2)nc1C. The first kappa shape index (κ1) is 20.2. The molecule has 0 aliphatic heterocycles. The van der Waals surface area contributed by atoms with Gasteiger partial charge in [-0.15, -0.1) is 22.7 Å². The Balaban J connectivity index is 1.81. The van der Waals surface area contributed by atoms with Crippen molar-refractivity contribution in [2.45, 2.75) is 20.8 Å². The van der Waals surface area contributed by atoms with Crippen LogP contribution in [0.2, 0.25) is 0 Å². The molecule has 30 heavy (non-hydrogen) atoms. The minimum atomic E-state index is -0.403. The molecule has 0 spiro atoms. The summed E-state index contributed by atoms with van der Waals surface area (Å²) in [6, 6.07) is 13.3. The number of benzene rings is 2. The molecule has 2 heterocycles. The highest BCUT2D eigenvalue weighted by atomic mass is 32.1. The van der Waals surface area contributed by atoms with Gasteiger partial charge < -0.3 is 9.47 Å². The molecule has 0 atom stereocenters. The zero-order chi connectivity index (χ0) is 21.3. The van der Waals surface area contributed by atoms with E-state index >= 15 is 0 Å². The number of aryl methyl sites for hydroxylation is 1. The number of esters is 2. The Morgan fingerprint density at radius 1 is 1.03 bits per heavy atom. The quantitative estimate of drug-likeness (QED) is 0.303. The lowest BCUT2D eigenvalue weighted by atomic mass is 10.1. The van der Waals surface area contributed by atoms with Crippen LogP contribution in [0.25, 0.3) is 31.4 Å². The highest BCUT2D eigenvalue weighted by Crippen LogP contribution is 2.39. The summed E-state index contributed by atoms with van der Waals surface area (Å²) in [6.07, 6.45) is 0. The van der Waals surface area contributed by atoms with E-state index in [0.717, 1.165) is 20.8 Å². The molecule has 0 unspecified atom stereocenters. The molecular weight excluding hydrogens is 420 g/mol. The van der Waals surface area contributed by atoms with Crippen LogP contribution in [0, 0.1) is 6.92 Å². The predicted octanol–water partition coefficient (Wildman–Crippen LogP) is 5.50. The van der Waals surface area contributed by atoms with Gasteiger partial charge in [0.2, 0.25) is 0 Å². The lowest BCUT2D eigenvalue weighted by Gasteiger charge is -2.08. The first-order chi connectivity index (χ1) is 14.5. The average molecular weight is 439 g/mol. The van der Waals surface area contributed by atoms with E-state index < -0.39 is 5.97 Å². The predicted molar refractivity (Wildman–Crippen MR) is 118 cm³/mol. The molecule has 0 aliphatic carbocycles. The van der Waals surface area contributed by atoms with Gasteiger partial charge in [-0.1, -0.05) is 12.1 Å². The van der Waals surface area contributed by atoms with E-state index in [0.29, 0.717) is 33.5 Å². The fourth-order valence-electron chi connectivity index (χ4n) is 2.97. The summed E-state index contributed by atoms with van der Waals surface area (Å²) in [4.78, 5) is 33.5. The zero-order valence-corrected chi connectivity index (χ0v) is 18.2. The monoisotopic (exact) mass is 438 g/mol. The maximum Gasteiger partial charge on any atom is 0.350 e. The number of carbonyl (C=O) groups is 2. The third-order valence-corrected chi connectivity index (χ3v) is 6.52. The minimum Gasteiger partial charge on any atom is -0.462 e. The molecule has 6 nitrogen and oxygen atoms in total. The average Bonchev–Trinajstić information content (AvgIpc) is 3.31. The molecule has 8 heteroatoms. The summed E-state index contributed by atoms with van der Waals surface area (Å²) in [7, 11) is 0. The second kappa shape index (κ2) is 8.33. The topological polar surface area (TPSA) is 78.4 Å².